The third-order valence-corrected chi connectivity index (χ3v) is 4.16. The van der Waals surface area contributed by atoms with Gasteiger partial charge in [-0.15, -0.1) is 0 Å². The van der Waals surface area contributed by atoms with Gasteiger partial charge in [-0.05, 0) is 45.8 Å². The van der Waals surface area contributed by atoms with Gasteiger partial charge in [0, 0.05) is 12.1 Å². The van der Waals surface area contributed by atoms with Crippen molar-refractivity contribution < 1.29 is 13.7 Å². The Labute approximate surface area is 121 Å². The minimum Gasteiger partial charge on any atom is -0.399 e. The summed E-state index contributed by atoms with van der Waals surface area (Å²) in [7, 11) is -0.444. The summed E-state index contributed by atoms with van der Waals surface area (Å²) in [5.41, 5.74) is 0.735. The van der Waals surface area contributed by atoms with E-state index in [-0.39, 0.29) is 17.0 Å². The van der Waals surface area contributed by atoms with Crippen molar-refractivity contribution in [3.8, 4) is 0 Å². The van der Waals surface area contributed by atoms with Crippen LogP contribution >= 0.6 is 0 Å². The van der Waals surface area contributed by atoms with Crippen molar-refractivity contribution in [2.24, 2.45) is 0 Å². The molecular weight excluding hydrogens is 256 g/mol. The average Bonchev–Trinajstić information content (AvgIpc) is 2.57. The van der Waals surface area contributed by atoms with Gasteiger partial charge < -0.3 is 14.6 Å². The zero-order chi connectivity index (χ0) is 15.0. The topological polar surface area (TPSA) is 30.5 Å². The van der Waals surface area contributed by atoms with Crippen molar-refractivity contribution in [2.45, 2.75) is 52.4 Å². The van der Waals surface area contributed by atoms with Crippen LogP contribution in [0.15, 0.2) is 18.2 Å². The molecule has 5 heteroatoms. The fourth-order valence-electron chi connectivity index (χ4n) is 2.12. The van der Waals surface area contributed by atoms with Crippen molar-refractivity contribution in [2.75, 3.05) is 6.54 Å². The van der Waals surface area contributed by atoms with Gasteiger partial charge in [0.2, 0.25) is 0 Å². The highest BCUT2D eigenvalue weighted by atomic mass is 19.1. The lowest BCUT2D eigenvalue weighted by Crippen LogP contribution is -2.41. The largest absolute Gasteiger partial charge is 0.494 e. The first-order valence-corrected chi connectivity index (χ1v) is 7.11. The van der Waals surface area contributed by atoms with Gasteiger partial charge in [-0.2, -0.15) is 0 Å². The quantitative estimate of drug-likeness (QED) is 0.857. The molecule has 2 rings (SSSR count). The van der Waals surface area contributed by atoms with Crippen molar-refractivity contribution in [1.29, 1.82) is 0 Å². The Morgan fingerprint density at radius 2 is 1.75 bits per heavy atom. The van der Waals surface area contributed by atoms with E-state index in [1.54, 1.807) is 6.07 Å². The van der Waals surface area contributed by atoms with E-state index in [0.29, 0.717) is 12.1 Å². The molecule has 20 heavy (non-hydrogen) atoms. The number of rotatable bonds is 4. The number of hydrogen-bond acceptors (Lipinski definition) is 3. The maximum absolute atomic E-state index is 13.8. The number of halogens is 1. The molecule has 0 bridgehead atoms. The maximum atomic E-state index is 13.8. The van der Waals surface area contributed by atoms with E-state index in [1.807, 2.05) is 40.7 Å². The van der Waals surface area contributed by atoms with Crippen LogP contribution < -0.4 is 10.8 Å². The normalized spacial score (nSPS) is 20.4. The number of benzene rings is 1. The van der Waals surface area contributed by atoms with Crippen molar-refractivity contribution in [3.63, 3.8) is 0 Å². The Hall–Kier alpha value is -0.905. The van der Waals surface area contributed by atoms with Gasteiger partial charge in [-0.3, -0.25) is 0 Å². The smallest absolute Gasteiger partial charge is 0.399 e. The molecule has 0 aliphatic carbocycles. The van der Waals surface area contributed by atoms with Gasteiger partial charge >= 0.3 is 7.12 Å². The van der Waals surface area contributed by atoms with E-state index < -0.39 is 7.12 Å². The number of nitrogens with one attached hydrogen (secondary N) is 1. The van der Waals surface area contributed by atoms with E-state index in [0.717, 1.165) is 12.0 Å². The van der Waals surface area contributed by atoms with Crippen LogP contribution in [0.4, 0.5) is 4.39 Å². The fraction of sp³-hybridized carbons (Fsp3) is 0.600. The molecular formula is C15H23BFNO2. The monoisotopic (exact) mass is 279 g/mol. The first-order chi connectivity index (χ1) is 9.27. The van der Waals surface area contributed by atoms with Crippen molar-refractivity contribution >= 4 is 12.6 Å². The zero-order valence-electron chi connectivity index (χ0n) is 12.9. The van der Waals surface area contributed by atoms with Gasteiger partial charge in [-0.1, -0.05) is 19.1 Å². The van der Waals surface area contributed by atoms with Gasteiger partial charge in [0.15, 0.2) is 0 Å². The zero-order valence-corrected chi connectivity index (χ0v) is 12.9. The summed E-state index contributed by atoms with van der Waals surface area (Å²) in [6.45, 7) is 11.4. The fourth-order valence-corrected chi connectivity index (χ4v) is 2.12. The second kappa shape index (κ2) is 5.47. The highest BCUT2D eigenvalue weighted by Crippen LogP contribution is 2.36. The van der Waals surface area contributed by atoms with Crippen LogP contribution in [-0.4, -0.2) is 24.9 Å². The van der Waals surface area contributed by atoms with E-state index >= 15 is 0 Å². The molecule has 1 aliphatic heterocycles. The molecule has 0 saturated carbocycles. The molecule has 1 aromatic rings. The minimum atomic E-state index is -0.444. The van der Waals surface area contributed by atoms with Crippen LogP contribution in [0.2, 0.25) is 0 Å². The molecule has 3 nitrogen and oxygen atoms in total. The van der Waals surface area contributed by atoms with Crippen LogP contribution in [0.3, 0.4) is 0 Å². The molecule has 110 valence electrons. The lowest BCUT2D eigenvalue weighted by atomic mass is 9.78. The Balaban J connectivity index is 2.22. The van der Waals surface area contributed by atoms with E-state index in [9.17, 15) is 4.39 Å². The summed E-state index contributed by atoms with van der Waals surface area (Å²) >= 11 is 0. The van der Waals surface area contributed by atoms with E-state index in [4.69, 9.17) is 9.31 Å². The molecule has 0 radical (unpaired) electrons. The average molecular weight is 279 g/mol. The summed E-state index contributed by atoms with van der Waals surface area (Å²) in [5.74, 6) is -0.203. The molecule has 0 atom stereocenters. The van der Waals surface area contributed by atoms with Gasteiger partial charge in [0.1, 0.15) is 5.82 Å². The minimum absolute atomic E-state index is 0.203. The lowest BCUT2D eigenvalue weighted by molar-refractivity contribution is 0.00578. The summed E-state index contributed by atoms with van der Waals surface area (Å²) in [6.07, 6.45) is 0. The summed E-state index contributed by atoms with van der Waals surface area (Å²) in [4.78, 5) is 0. The van der Waals surface area contributed by atoms with Crippen LogP contribution in [-0.2, 0) is 15.9 Å². The van der Waals surface area contributed by atoms with E-state index in [2.05, 4.69) is 5.32 Å². The standard InChI is InChI=1S/C15H23BFNO2/c1-6-18-10-11-9-12(7-8-13(11)17)16-19-14(2,3)15(4,5)20-16/h7-9,18H,6,10H2,1-5H3. The summed E-state index contributed by atoms with van der Waals surface area (Å²) < 4.78 is 25.7. The van der Waals surface area contributed by atoms with Crippen LogP contribution in [0.1, 0.15) is 40.2 Å². The summed E-state index contributed by atoms with van der Waals surface area (Å²) in [5, 5.41) is 3.13. The molecule has 0 spiro atoms. The molecule has 0 unspecified atom stereocenters. The molecule has 1 aliphatic rings. The third-order valence-electron chi connectivity index (χ3n) is 4.16. The third kappa shape index (κ3) is 2.90. The van der Waals surface area contributed by atoms with Crippen molar-refractivity contribution in [3.05, 3.63) is 29.6 Å². The first-order valence-electron chi connectivity index (χ1n) is 7.11. The number of hydrogen-bond donors (Lipinski definition) is 1. The highest BCUT2D eigenvalue weighted by Gasteiger charge is 2.51. The predicted molar refractivity (Wildman–Crippen MR) is 79.5 cm³/mol. The molecule has 1 saturated heterocycles. The molecule has 0 aromatic heterocycles. The molecule has 0 amide bonds. The second-order valence-electron chi connectivity index (χ2n) is 6.22. The highest BCUT2D eigenvalue weighted by molar-refractivity contribution is 6.62. The lowest BCUT2D eigenvalue weighted by Gasteiger charge is -2.32. The molecule has 1 fully saturated rings. The molecule has 1 heterocycles. The van der Waals surface area contributed by atoms with Gasteiger partial charge in [-0.25, -0.2) is 4.39 Å². The first kappa shape index (κ1) is 15.5. The van der Waals surface area contributed by atoms with Crippen molar-refractivity contribution in [1.82, 2.24) is 5.32 Å². The predicted octanol–water partition coefficient (Wildman–Crippen LogP) is 2.23. The maximum Gasteiger partial charge on any atom is 0.494 e. The SMILES string of the molecule is CCNCc1cc(B2OC(C)(C)C(C)(C)O2)ccc1F. The van der Waals surface area contributed by atoms with E-state index in [1.165, 1.54) is 6.07 Å². The van der Waals surface area contributed by atoms with Crippen LogP contribution in [0.5, 0.6) is 0 Å². The molecule has 1 aromatic carbocycles. The van der Waals surface area contributed by atoms with Crippen LogP contribution in [0, 0.1) is 5.82 Å². The van der Waals surface area contributed by atoms with Gasteiger partial charge in [0.25, 0.3) is 0 Å². The Morgan fingerprint density at radius 3 is 2.30 bits per heavy atom. The Kier molecular flexibility index (Phi) is 4.23. The second-order valence-corrected chi connectivity index (χ2v) is 6.22. The van der Waals surface area contributed by atoms with Gasteiger partial charge in [0.05, 0.1) is 11.2 Å². The van der Waals surface area contributed by atoms with Crippen LogP contribution in [0.25, 0.3) is 0 Å². The molecule has 1 N–H and O–H groups in total. The Bertz CT molecular complexity index is 475. The Morgan fingerprint density at radius 1 is 1.15 bits per heavy atom. The summed E-state index contributed by atoms with van der Waals surface area (Å²) in [6, 6.07) is 5.03.